The molecule has 6 nitrogen and oxygen atoms in total. The normalized spacial score (nSPS) is 11.7. The molecule has 0 unspecified atom stereocenters. The van der Waals surface area contributed by atoms with Gasteiger partial charge in [0.1, 0.15) is 12.3 Å². The van der Waals surface area contributed by atoms with Crippen LogP contribution in [0.3, 0.4) is 0 Å². The first-order valence-corrected chi connectivity index (χ1v) is 10.4. The summed E-state index contributed by atoms with van der Waals surface area (Å²) in [5, 5.41) is 2.70. The Balaban J connectivity index is 2.18. The van der Waals surface area contributed by atoms with E-state index in [1.807, 2.05) is 12.1 Å². The van der Waals surface area contributed by atoms with Gasteiger partial charge in [0.15, 0.2) is 0 Å². The zero-order valence-corrected chi connectivity index (χ0v) is 17.1. The number of benzene rings is 2. The molecule has 0 saturated carbocycles. The van der Waals surface area contributed by atoms with Crippen LogP contribution in [-0.2, 0) is 20.2 Å². The molecule has 2 rings (SSSR count). The Morgan fingerprint density at radius 1 is 1.04 bits per heavy atom. The summed E-state index contributed by atoms with van der Waals surface area (Å²) >= 11 is 0. The Labute approximate surface area is 161 Å². The summed E-state index contributed by atoms with van der Waals surface area (Å²) in [5.74, 6) is 0.246. The van der Waals surface area contributed by atoms with Gasteiger partial charge in [-0.2, -0.15) is 0 Å². The second kappa shape index (κ2) is 8.00. The van der Waals surface area contributed by atoms with Crippen molar-refractivity contribution in [1.82, 2.24) is 0 Å². The number of ether oxygens (including phenoxy) is 1. The van der Waals surface area contributed by atoms with Crippen LogP contribution in [0.25, 0.3) is 0 Å². The summed E-state index contributed by atoms with van der Waals surface area (Å²) < 4.78 is 30.6. The third kappa shape index (κ3) is 5.72. The number of anilines is 2. The van der Waals surface area contributed by atoms with E-state index in [0.717, 1.165) is 16.1 Å². The highest BCUT2D eigenvalue weighted by molar-refractivity contribution is 7.92. The SMILES string of the molecule is COc1ccc(NC(=O)CN(c2ccc(C(C)(C)C)cc2)S(C)(=O)=O)cc1. The Bertz CT molecular complexity index is 883. The maximum Gasteiger partial charge on any atom is 0.245 e. The number of amides is 1. The second-order valence-corrected chi connectivity index (χ2v) is 9.25. The topological polar surface area (TPSA) is 75.7 Å². The highest BCUT2D eigenvalue weighted by Crippen LogP contribution is 2.26. The van der Waals surface area contributed by atoms with E-state index >= 15 is 0 Å². The Kier molecular flexibility index (Phi) is 6.15. The lowest BCUT2D eigenvalue weighted by molar-refractivity contribution is -0.114. The lowest BCUT2D eigenvalue weighted by atomic mass is 9.87. The molecule has 0 aliphatic carbocycles. The number of hydrogen-bond donors (Lipinski definition) is 1. The molecular weight excluding hydrogens is 364 g/mol. The van der Waals surface area contributed by atoms with Crippen LogP contribution in [0.5, 0.6) is 5.75 Å². The number of nitrogens with one attached hydrogen (secondary N) is 1. The van der Waals surface area contributed by atoms with E-state index in [0.29, 0.717) is 17.1 Å². The van der Waals surface area contributed by atoms with E-state index in [4.69, 9.17) is 4.74 Å². The van der Waals surface area contributed by atoms with Crippen molar-refractivity contribution < 1.29 is 17.9 Å². The molecule has 7 heteroatoms. The molecule has 0 aliphatic rings. The average molecular weight is 391 g/mol. The van der Waals surface area contributed by atoms with Crippen molar-refractivity contribution in [3.8, 4) is 5.75 Å². The lowest BCUT2D eigenvalue weighted by Gasteiger charge is -2.24. The fourth-order valence-electron chi connectivity index (χ4n) is 2.53. The van der Waals surface area contributed by atoms with Gasteiger partial charge in [-0.15, -0.1) is 0 Å². The molecule has 0 aromatic heterocycles. The van der Waals surface area contributed by atoms with E-state index in [1.165, 1.54) is 0 Å². The number of nitrogens with zero attached hydrogens (tertiary/aromatic N) is 1. The van der Waals surface area contributed by atoms with Crippen LogP contribution >= 0.6 is 0 Å². The maximum absolute atomic E-state index is 12.4. The Hall–Kier alpha value is -2.54. The predicted molar refractivity (Wildman–Crippen MR) is 109 cm³/mol. The van der Waals surface area contributed by atoms with E-state index < -0.39 is 15.9 Å². The molecule has 0 aliphatic heterocycles. The van der Waals surface area contributed by atoms with E-state index in [-0.39, 0.29) is 12.0 Å². The molecular formula is C20H26N2O4S. The minimum absolute atomic E-state index is 0.0415. The molecule has 27 heavy (non-hydrogen) atoms. The van der Waals surface area contributed by atoms with Gasteiger partial charge in [-0.05, 0) is 47.4 Å². The summed E-state index contributed by atoms with van der Waals surface area (Å²) in [7, 11) is -2.05. The van der Waals surface area contributed by atoms with Gasteiger partial charge in [-0.3, -0.25) is 9.10 Å². The fourth-order valence-corrected chi connectivity index (χ4v) is 3.39. The summed E-state index contributed by atoms with van der Waals surface area (Å²) in [4.78, 5) is 12.4. The molecule has 0 heterocycles. The third-order valence-electron chi connectivity index (χ3n) is 4.08. The van der Waals surface area contributed by atoms with E-state index in [2.05, 4.69) is 26.1 Å². The Morgan fingerprint density at radius 3 is 2.04 bits per heavy atom. The van der Waals surface area contributed by atoms with Gasteiger partial charge in [-0.1, -0.05) is 32.9 Å². The monoisotopic (exact) mass is 390 g/mol. The van der Waals surface area contributed by atoms with Crippen LogP contribution in [0.4, 0.5) is 11.4 Å². The smallest absolute Gasteiger partial charge is 0.245 e. The molecule has 1 amide bonds. The molecule has 0 saturated heterocycles. The quantitative estimate of drug-likeness (QED) is 0.820. The van der Waals surface area contributed by atoms with Crippen molar-refractivity contribution >= 4 is 27.3 Å². The van der Waals surface area contributed by atoms with Crippen LogP contribution in [0, 0.1) is 0 Å². The van der Waals surface area contributed by atoms with Gasteiger partial charge in [-0.25, -0.2) is 8.42 Å². The van der Waals surface area contributed by atoms with E-state index in [9.17, 15) is 13.2 Å². The van der Waals surface area contributed by atoms with Gasteiger partial charge < -0.3 is 10.1 Å². The summed E-state index contributed by atoms with van der Waals surface area (Å²) in [5.41, 5.74) is 2.07. The molecule has 2 aromatic carbocycles. The highest BCUT2D eigenvalue weighted by Gasteiger charge is 2.22. The minimum atomic E-state index is -3.61. The number of rotatable bonds is 6. The number of hydrogen-bond acceptors (Lipinski definition) is 4. The van der Waals surface area contributed by atoms with Gasteiger partial charge >= 0.3 is 0 Å². The first-order chi connectivity index (χ1) is 12.5. The van der Waals surface area contributed by atoms with Crippen LogP contribution in [0.15, 0.2) is 48.5 Å². The van der Waals surface area contributed by atoms with Crippen molar-refractivity contribution in [1.29, 1.82) is 0 Å². The number of carbonyl (C=O) groups excluding carboxylic acids is 1. The molecule has 0 atom stereocenters. The second-order valence-electron chi connectivity index (χ2n) is 7.34. The van der Waals surface area contributed by atoms with Crippen molar-refractivity contribution in [3.05, 3.63) is 54.1 Å². The zero-order valence-electron chi connectivity index (χ0n) is 16.3. The third-order valence-corrected chi connectivity index (χ3v) is 5.22. The van der Waals surface area contributed by atoms with Gasteiger partial charge in [0.2, 0.25) is 15.9 Å². The molecule has 0 radical (unpaired) electrons. The standard InChI is InChI=1S/C20H26N2O4S/c1-20(2,3)15-6-10-17(11-7-15)22(27(5,24)25)14-19(23)21-16-8-12-18(26-4)13-9-16/h6-13H,14H2,1-5H3,(H,21,23). The summed E-state index contributed by atoms with van der Waals surface area (Å²) in [6.45, 7) is 5.94. The molecule has 0 fully saturated rings. The number of methoxy groups -OCH3 is 1. The van der Waals surface area contributed by atoms with Gasteiger partial charge in [0.25, 0.3) is 0 Å². The van der Waals surface area contributed by atoms with E-state index in [1.54, 1.807) is 43.5 Å². The Morgan fingerprint density at radius 2 is 1.59 bits per heavy atom. The average Bonchev–Trinajstić information content (AvgIpc) is 2.59. The molecule has 1 N–H and O–H groups in total. The van der Waals surface area contributed by atoms with Crippen LogP contribution in [0.2, 0.25) is 0 Å². The predicted octanol–water partition coefficient (Wildman–Crippen LogP) is 3.40. The molecule has 0 spiro atoms. The number of carbonyl (C=O) groups is 1. The van der Waals surface area contributed by atoms with Crippen molar-refractivity contribution in [3.63, 3.8) is 0 Å². The first kappa shape index (κ1) is 20.8. The van der Waals surface area contributed by atoms with Gasteiger partial charge in [0.05, 0.1) is 19.1 Å². The molecule has 2 aromatic rings. The summed E-state index contributed by atoms with van der Waals surface area (Å²) in [6.07, 6.45) is 1.09. The van der Waals surface area contributed by atoms with Crippen LogP contribution < -0.4 is 14.4 Å². The zero-order chi connectivity index (χ0) is 20.2. The molecule has 0 bridgehead atoms. The number of sulfonamides is 1. The highest BCUT2D eigenvalue weighted by atomic mass is 32.2. The van der Waals surface area contributed by atoms with Crippen molar-refractivity contribution in [2.24, 2.45) is 0 Å². The van der Waals surface area contributed by atoms with Crippen LogP contribution in [-0.4, -0.2) is 34.2 Å². The minimum Gasteiger partial charge on any atom is -0.497 e. The van der Waals surface area contributed by atoms with Crippen LogP contribution in [0.1, 0.15) is 26.3 Å². The molecule has 146 valence electrons. The van der Waals surface area contributed by atoms with Crippen molar-refractivity contribution in [2.75, 3.05) is 29.5 Å². The van der Waals surface area contributed by atoms with Gasteiger partial charge in [0, 0.05) is 5.69 Å². The maximum atomic E-state index is 12.4. The fraction of sp³-hybridized carbons (Fsp3) is 0.350. The summed E-state index contributed by atoms with van der Waals surface area (Å²) in [6, 6.07) is 14.0. The lowest BCUT2D eigenvalue weighted by Crippen LogP contribution is -2.37. The first-order valence-electron chi connectivity index (χ1n) is 8.53. The largest absolute Gasteiger partial charge is 0.497 e. The van der Waals surface area contributed by atoms with Crippen molar-refractivity contribution in [2.45, 2.75) is 26.2 Å².